The quantitative estimate of drug-likeness (QED) is 0.653. The molecule has 1 aromatic carbocycles. The summed E-state index contributed by atoms with van der Waals surface area (Å²) < 4.78 is 1.69. The second-order valence-corrected chi connectivity index (χ2v) is 6.92. The van der Waals surface area contributed by atoms with Crippen molar-refractivity contribution < 1.29 is 5.11 Å². The van der Waals surface area contributed by atoms with Crippen LogP contribution < -0.4 is 10.6 Å². The molecule has 3 heterocycles. The maximum atomic E-state index is 9.84. The number of fused-ring (bicyclic) bond motifs is 1. The smallest absolute Gasteiger partial charge is 0.227 e. The molecule has 4 rings (SSSR count). The summed E-state index contributed by atoms with van der Waals surface area (Å²) in [4.78, 5) is 8.82. The third kappa shape index (κ3) is 2.98. The van der Waals surface area contributed by atoms with Gasteiger partial charge in [-0.15, -0.1) is 0 Å². The highest BCUT2D eigenvalue weighted by Crippen LogP contribution is 2.41. The molecule has 3 aromatic rings. The van der Waals surface area contributed by atoms with Crippen LogP contribution in [-0.2, 0) is 12.5 Å². The molecule has 0 spiro atoms. The maximum Gasteiger partial charge on any atom is 0.227 e. The number of aliphatic hydroxyl groups excluding tert-OH is 1. The second kappa shape index (κ2) is 6.37. The van der Waals surface area contributed by atoms with Gasteiger partial charge in [0.25, 0.3) is 0 Å². The van der Waals surface area contributed by atoms with Crippen molar-refractivity contribution in [3.63, 3.8) is 0 Å². The summed E-state index contributed by atoms with van der Waals surface area (Å²) in [6.07, 6.45) is 5.19. The van der Waals surface area contributed by atoms with Gasteiger partial charge in [0.05, 0.1) is 35.4 Å². The molecular weight excluding hydrogens is 342 g/mol. The van der Waals surface area contributed by atoms with Crippen molar-refractivity contribution in [2.24, 2.45) is 7.05 Å². The van der Waals surface area contributed by atoms with E-state index in [2.05, 4.69) is 31.8 Å². The van der Waals surface area contributed by atoms with E-state index in [0.717, 1.165) is 22.5 Å². The van der Waals surface area contributed by atoms with Crippen molar-refractivity contribution in [2.75, 3.05) is 23.8 Å². The summed E-state index contributed by atoms with van der Waals surface area (Å²) in [5.41, 5.74) is 4.13. The SMILES string of the molecule is Cn1cc(Nc2nccc(-c3cc(C#N)c4c(c3)C(C)(CO)CN4)n2)cn1. The second-order valence-electron chi connectivity index (χ2n) is 6.92. The molecule has 0 saturated carbocycles. The number of hydrogen-bond acceptors (Lipinski definition) is 7. The number of aromatic nitrogens is 4. The minimum Gasteiger partial charge on any atom is -0.395 e. The van der Waals surface area contributed by atoms with Gasteiger partial charge in [0.2, 0.25) is 5.95 Å². The molecule has 0 bridgehead atoms. The van der Waals surface area contributed by atoms with Crippen LogP contribution in [0, 0.1) is 11.3 Å². The molecule has 0 saturated heterocycles. The number of nitrogens with zero attached hydrogens (tertiary/aromatic N) is 5. The number of anilines is 3. The fraction of sp³-hybridized carbons (Fsp3) is 0.263. The number of rotatable bonds is 4. The molecule has 0 radical (unpaired) electrons. The molecule has 3 N–H and O–H groups in total. The van der Waals surface area contributed by atoms with Gasteiger partial charge >= 0.3 is 0 Å². The third-order valence-corrected chi connectivity index (χ3v) is 4.83. The Labute approximate surface area is 156 Å². The van der Waals surface area contributed by atoms with E-state index in [9.17, 15) is 10.4 Å². The molecule has 0 aliphatic carbocycles. The Kier molecular flexibility index (Phi) is 4.01. The lowest BCUT2D eigenvalue weighted by Gasteiger charge is -2.21. The Morgan fingerprint density at radius 1 is 1.44 bits per heavy atom. The molecule has 27 heavy (non-hydrogen) atoms. The zero-order valence-electron chi connectivity index (χ0n) is 15.1. The van der Waals surface area contributed by atoms with Crippen molar-refractivity contribution in [1.82, 2.24) is 19.7 Å². The molecule has 0 amide bonds. The van der Waals surface area contributed by atoms with Crippen molar-refractivity contribution in [1.29, 1.82) is 5.26 Å². The van der Waals surface area contributed by atoms with Crippen molar-refractivity contribution >= 4 is 17.3 Å². The Balaban J connectivity index is 1.75. The number of nitriles is 1. The lowest BCUT2D eigenvalue weighted by atomic mass is 9.83. The first kappa shape index (κ1) is 17.0. The molecule has 1 atom stereocenters. The van der Waals surface area contributed by atoms with Crippen LogP contribution in [0.2, 0.25) is 0 Å². The van der Waals surface area contributed by atoms with Gasteiger partial charge < -0.3 is 15.7 Å². The van der Waals surface area contributed by atoms with Crippen molar-refractivity contribution in [3.05, 3.63) is 47.9 Å². The molecule has 1 aliphatic heterocycles. The van der Waals surface area contributed by atoms with Crippen LogP contribution in [0.5, 0.6) is 0 Å². The van der Waals surface area contributed by atoms with Crippen LogP contribution in [0.15, 0.2) is 36.8 Å². The number of benzene rings is 1. The van der Waals surface area contributed by atoms with E-state index in [1.165, 1.54) is 0 Å². The van der Waals surface area contributed by atoms with Crippen molar-refractivity contribution in [2.45, 2.75) is 12.3 Å². The van der Waals surface area contributed by atoms with Gasteiger partial charge in [-0.2, -0.15) is 10.4 Å². The molecule has 8 heteroatoms. The topological polar surface area (TPSA) is 112 Å². The van der Waals surface area contributed by atoms with Gasteiger partial charge in [-0.1, -0.05) is 6.92 Å². The molecule has 2 aromatic heterocycles. The molecule has 0 fully saturated rings. The molecule has 136 valence electrons. The number of nitrogens with one attached hydrogen (secondary N) is 2. The first-order chi connectivity index (χ1) is 13.0. The molecular formula is C19H19N7O. The first-order valence-electron chi connectivity index (χ1n) is 8.55. The Morgan fingerprint density at radius 3 is 3.00 bits per heavy atom. The summed E-state index contributed by atoms with van der Waals surface area (Å²) in [6.45, 7) is 2.57. The maximum absolute atomic E-state index is 9.84. The standard InChI is InChI=1S/C19H19N7O/c1-19(11-27)10-22-17-13(7-20)5-12(6-15(17)19)16-3-4-21-18(25-16)24-14-8-23-26(2)9-14/h3-6,8-9,22,27H,10-11H2,1-2H3,(H,21,24,25). The molecule has 1 unspecified atom stereocenters. The predicted octanol–water partition coefficient (Wildman–Crippen LogP) is 2.17. The van der Waals surface area contributed by atoms with Crippen LogP contribution in [-0.4, -0.2) is 38.0 Å². The average molecular weight is 361 g/mol. The molecule has 1 aliphatic rings. The zero-order valence-corrected chi connectivity index (χ0v) is 15.1. The number of aliphatic hydroxyl groups is 1. The normalized spacial score (nSPS) is 17.9. The van der Waals surface area contributed by atoms with Crippen LogP contribution in [0.25, 0.3) is 11.3 Å². The van der Waals surface area contributed by atoms with Gasteiger partial charge in [0.1, 0.15) is 6.07 Å². The van der Waals surface area contributed by atoms with E-state index in [1.54, 1.807) is 23.1 Å². The van der Waals surface area contributed by atoms with Gasteiger partial charge in [-0.3, -0.25) is 4.68 Å². The summed E-state index contributed by atoms with van der Waals surface area (Å²) in [6, 6.07) is 7.84. The highest BCUT2D eigenvalue weighted by Gasteiger charge is 2.35. The molecule has 8 nitrogen and oxygen atoms in total. The fourth-order valence-corrected chi connectivity index (χ4v) is 3.26. The van der Waals surface area contributed by atoms with Gasteiger partial charge in [0, 0.05) is 37.0 Å². The average Bonchev–Trinajstić information content (AvgIpc) is 3.25. The van der Waals surface area contributed by atoms with E-state index in [4.69, 9.17) is 0 Å². The van der Waals surface area contributed by atoms with E-state index in [0.29, 0.717) is 23.8 Å². The lowest BCUT2D eigenvalue weighted by Crippen LogP contribution is -2.28. The zero-order chi connectivity index (χ0) is 19.0. The largest absolute Gasteiger partial charge is 0.395 e. The predicted molar refractivity (Wildman–Crippen MR) is 102 cm³/mol. The van der Waals surface area contributed by atoms with Crippen molar-refractivity contribution in [3.8, 4) is 17.3 Å². The number of hydrogen-bond donors (Lipinski definition) is 3. The van der Waals surface area contributed by atoms with E-state index >= 15 is 0 Å². The minimum absolute atomic E-state index is 0.00108. The highest BCUT2D eigenvalue weighted by atomic mass is 16.3. The van der Waals surface area contributed by atoms with E-state index in [-0.39, 0.29) is 6.61 Å². The Hall–Kier alpha value is -3.44. The summed E-state index contributed by atoms with van der Waals surface area (Å²) in [7, 11) is 1.84. The van der Waals surface area contributed by atoms with Gasteiger partial charge in [-0.25, -0.2) is 9.97 Å². The third-order valence-electron chi connectivity index (χ3n) is 4.83. The monoisotopic (exact) mass is 361 g/mol. The van der Waals surface area contributed by atoms with Gasteiger partial charge in [0.15, 0.2) is 0 Å². The Bertz CT molecular complexity index is 1050. The van der Waals surface area contributed by atoms with Crippen LogP contribution in [0.3, 0.4) is 0 Å². The van der Waals surface area contributed by atoms with Gasteiger partial charge in [-0.05, 0) is 23.8 Å². The number of aryl methyl sites for hydroxylation is 1. The van der Waals surface area contributed by atoms with Crippen LogP contribution in [0.4, 0.5) is 17.3 Å². The fourth-order valence-electron chi connectivity index (χ4n) is 3.26. The minimum atomic E-state index is -0.430. The highest BCUT2D eigenvalue weighted by molar-refractivity contribution is 5.76. The van der Waals surface area contributed by atoms with Crippen LogP contribution in [0.1, 0.15) is 18.1 Å². The van der Waals surface area contributed by atoms with E-state index in [1.807, 2.05) is 32.3 Å². The lowest BCUT2D eigenvalue weighted by molar-refractivity contribution is 0.219. The summed E-state index contributed by atoms with van der Waals surface area (Å²) in [5, 5.41) is 29.9. The Morgan fingerprint density at radius 2 is 2.30 bits per heavy atom. The first-order valence-corrected chi connectivity index (χ1v) is 8.55. The summed E-state index contributed by atoms with van der Waals surface area (Å²) in [5.74, 6) is 0.447. The van der Waals surface area contributed by atoms with Crippen LogP contribution >= 0.6 is 0 Å². The summed E-state index contributed by atoms with van der Waals surface area (Å²) >= 11 is 0. The van der Waals surface area contributed by atoms with E-state index < -0.39 is 5.41 Å².